The number of halogens is 1. The Hall–Kier alpha value is -3.04. The van der Waals surface area contributed by atoms with Gasteiger partial charge in [0.15, 0.2) is 0 Å². The van der Waals surface area contributed by atoms with Crippen LogP contribution >= 0.6 is 0 Å². The zero-order chi connectivity index (χ0) is 32.1. The van der Waals surface area contributed by atoms with Crippen LogP contribution in [-0.4, -0.2) is 57.7 Å². The van der Waals surface area contributed by atoms with Gasteiger partial charge in [0.2, 0.25) is 11.8 Å². The first-order chi connectivity index (χ1) is 22.4. The second-order valence-electron chi connectivity index (χ2n) is 14.5. The molecule has 9 heteroatoms. The fraction of sp³-hybridized carbons (Fsp3) is 0.649. The second kappa shape index (κ2) is 14.8. The van der Waals surface area contributed by atoms with Gasteiger partial charge in [-0.1, -0.05) is 38.2 Å². The number of nitrogens with two attached hydrogens (primary N) is 2. The van der Waals surface area contributed by atoms with Gasteiger partial charge in [-0.3, -0.25) is 15.1 Å². The molecule has 0 bridgehead atoms. The van der Waals surface area contributed by atoms with Gasteiger partial charge in [-0.05, 0) is 112 Å². The van der Waals surface area contributed by atoms with Gasteiger partial charge in [0.1, 0.15) is 11.6 Å². The quantitative estimate of drug-likeness (QED) is 0.211. The van der Waals surface area contributed by atoms with Gasteiger partial charge in [-0.2, -0.15) is 0 Å². The van der Waals surface area contributed by atoms with E-state index in [9.17, 15) is 9.18 Å². The third-order valence-corrected chi connectivity index (χ3v) is 11.8. The Morgan fingerprint density at radius 2 is 1.67 bits per heavy atom. The number of rotatable bonds is 9. The molecule has 1 aromatic heterocycles. The molecule has 2 saturated heterocycles. The summed E-state index contributed by atoms with van der Waals surface area (Å²) in [7, 11) is 0. The van der Waals surface area contributed by atoms with Crippen LogP contribution in [0, 0.1) is 34.9 Å². The lowest BCUT2D eigenvalue weighted by atomic mass is 9.60. The van der Waals surface area contributed by atoms with Crippen molar-refractivity contribution in [1.29, 1.82) is 5.41 Å². The maximum absolute atomic E-state index is 14.6. The first kappa shape index (κ1) is 32.9. The minimum Gasteiger partial charge on any atom is -0.439 e. The van der Waals surface area contributed by atoms with Crippen LogP contribution < -0.4 is 16.2 Å². The minimum atomic E-state index is -0.309. The molecule has 0 radical (unpaired) electrons. The highest BCUT2D eigenvalue weighted by Crippen LogP contribution is 2.57. The fourth-order valence-corrected chi connectivity index (χ4v) is 9.40. The molecule has 2 saturated carbocycles. The molecule has 4 fully saturated rings. The third-order valence-electron chi connectivity index (χ3n) is 11.8. The van der Waals surface area contributed by atoms with E-state index in [4.69, 9.17) is 21.6 Å². The van der Waals surface area contributed by atoms with E-state index in [1.165, 1.54) is 57.1 Å². The molecule has 4 atom stereocenters. The lowest BCUT2D eigenvalue weighted by Crippen LogP contribution is -2.60. The zero-order valence-electron chi connectivity index (χ0n) is 27.3. The summed E-state index contributed by atoms with van der Waals surface area (Å²) in [5.74, 6) is 2.78. The van der Waals surface area contributed by atoms with Gasteiger partial charge in [0.05, 0.1) is 11.9 Å². The number of amidine groups is 1. The van der Waals surface area contributed by atoms with E-state index in [1.54, 1.807) is 12.1 Å². The maximum atomic E-state index is 14.6. The average molecular weight is 633 g/mol. The summed E-state index contributed by atoms with van der Waals surface area (Å²) in [6.45, 7) is 2.95. The van der Waals surface area contributed by atoms with Crippen molar-refractivity contribution >= 4 is 11.7 Å². The predicted molar refractivity (Wildman–Crippen MR) is 179 cm³/mol. The molecular formula is C37H53FN6O2. The van der Waals surface area contributed by atoms with Crippen LogP contribution in [0.15, 0.2) is 42.6 Å². The first-order valence-corrected chi connectivity index (χ1v) is 17.8. The van der Waals surface area contributed by atoms with E-state index in [-0.39, 0.29) is 29.2 Å². The number of piperidine rings is 1. The number of aromatic nitrogens is 1. The second-order valence-corrected chi connectivity index (χ2v) is 14.5. The molecule has 8 nitrogen and oxygen atoms in total. The number of benzene rings is 1. The van der Waals surface area contributed by atoms with Crippen LogP contribution in [0.3, 0.4) is 0 Å². The zero-order valence-corrected chi connectivity index (χ0v) is 27.3. The number of carbonyl (C=O) groups excluding carboxylic acids is 1. The molecule has 5 N–H and O–H groups in total. The first-order valence-electron chi connectivity index (χ1n) is 17.8. The van der Waals surface area contributed by atoms with Gasteiger partial charge in [0.25, 0.3) is 0 Å². The summed E-state index contributed by atoms with van der Waals surface area (Å²) in [5.41, 5.74) is 13.0. The van der Waals surface area contributed by atoms with Crippen molar-refractivity contribution in [2.45, 2.75) is 108 Å². The van der Waals surface area contributed by atoms with E-state index >= 15 is 0 Å². The van der Waals surface area contributed by atoms with Crippen molar-refractivity contribution in [2.75, 3.05) is 19.6 Å². The summed E-state index contributed by atoms with van der Waals surface area (Å²) in [6.07, 6.45) is 17.3. The van der Waals surface area contributed by atoms with E-state index < -0.39 is 0 Å². The highest BCUT2D eigenvalue weighted by atomic mass is 19.1. The monoisotopic (exact) mass is 632 g/mol. The number of hydrogen-bond donors (Lipinski definition) is 3. The Kier molecular flexibility index (Phi) is 10.6. The van der Waals surface area contributed by atoms with Crippen molar-refractivity contribution < 1.29 is 13.9 Å². The summed E-state index contributed by atoms with van der Waals surface area (Å²) < 4.78 is 19.3. The van der Waals surface area contributed by atoms with Crippen molar-refractivity contribution in [3.63, 3.8) is 0 Å². The molecule has 46 heavy (non-hydrogen) atoms. The highest BCUT2D eigenvalue weighted by Gasteiger charge is 2.60. The molecule has 250 valence electrons. The Morgan fingerprint density at radius 3 is 2.33 bits per heavy atom. The van der Waals surface area contributed by atoms with Crippen molar-refractivity contribution in [3.05, 3.63) is 54.0 Å². The largest absolute Gasteiger partial charge is 0.439 e. The van der Waals surface area contributed by atoms with Crippen LogP contribution in [0.1, 0.15) is 95.5 Å². The molecule has 6 rings (SSSR count). The van der Waals surface area contributed by atoms with Crippen LogP contribution in [0.4, 0.5) is 4.39 Å². The number of amides is 1. The molecule has 2 aliphatic carbocycles. The summed E-state index contributed by atoms with van der Waals surface area (Å²) in [4.78, 5) is 23.9. The minimum absolute atomic E-state index is 0.0506. The maximum Gasteiger partial charge on any atom is 0.239 e. The molecule has 3 heterocycles. The lowest BCUT2D eigenvalue weighted by molar-refractivity contribution is -0.140. The van der Waals surface area contributed by atoms with Crippen molar-refractivity contribution in [3.8, 4) is 11.6 Å². The molecule has 0 spiro atoms. The van der Waals surface area contributed by atoms with Gasteiger partial charge < -0.3 is 21.1 Å². The number of ether oxygens (including phenoxy) is 1. The standard InChI is InChI=1S/C37H53FN6O2/c38-31-11-13-32(14-12-31)46-34-15-8-27(24-42-34)25-44-33(36(45)43-20-17-26(16-19-39)18-21-43)22-30-10-9-28(35(40)41)23-37(30,44)29-6-4-2-1-3-5-7-29/h8,11-15,24,26,28-30,33H,1-7,9-10,16-23,25,39H2,(H3,40,41). The van der Waals surface area contributed by atoms with Gasteiger partial charge >= 0.3 is 0 Å². The number of nitrogens with zero attached hydrogens (tertiary/aromatic N) is 3. The Labute approximate surface area is 273 Å². The lowest BCUT2D eigenvalue weighted by Gasteiger charge is -2.54. The Bertz CT molecular complexity index is 1310. The number of likely N-dealkylation sites (tertiary alicyclic amines) is 2. The molecule has 2 aliphatic heterocycles. The summed E-state index contributed by atoms with van der Waals surface area (Å²) >= 11 is 0. The highest BCUT2D eigenvalue weighted by molar-refractivity contribution is 5.83. The summed E-state index contributed by atoms with van der Waals surface area (Å²) in [6, 6.07) is 9.66. The average Bonchev–Trinajstić information content (AvgIpc) is 3.37. The van der Waals surface area contributed by atoms with Crippen molar-refractivity contribution in [2.24, 2.45) is 35.1 Å². The summed E-state index contributed by atoms with van der Waals surface area (Å²) in [5, 5.41) is 8.51. The van der Waals surface area contributed by atoms with Crippen molar-refractivity contribution in [1.82, 2.24) is 14.8 Å². The Morgan fingerprint density at radius 1 is 0.957 bits per heavy atom. The Balaban J connectivity index is 1.31. The molecular weight excluding hydrogens is 579 g/mol. The topological polar surface area (TPSA) is 122 Å². The number of carbonyl (C=O) groups is 1. The van der Waals surface area contributed by atoms with E-state index in [0.29, 0.717) is 48.3 Å². The van der Waals surface area contributed by atoms with E-state index in [0.717, 1.165) is 63.6 Å². The predicted octanol–water partition coefficient (Wildman–Crippen LogP) is 6.63. The number of hydrogen-bond acceptors (Lipinski definition) is 6. The van der Waals surface area contributed by atoms with Gasteiger partial charge in [-0.15, -0.1) is 0 Å². The molecule has 1 amide bonds. The van der Waals surface area contributed by atoms with E-state index in [1.807, 2.05) is 12.3 Å². The van der Waals surface area contributed by atoms with Crippen LogP contribution in [0.25, 0.3) is 0 Å². The SMILES string of the molecule is N=C(N)C1CCC2CC(C(=O)N3CCC(CCN)CC3)N(Cc3ccc(Oc4ccc(F)cc4)nc3)C2(C2CCCCCCC2)C1. The number of fused-ring (bicyclic) bond motifs is 1. The molecule has 1 aromatic carbocycles. The van der Waals surface area contributed by atoms with Gasteiger partial charge in [0, 0.05) is 43.4 Å². The van der Waals surface area contributed by atoms with Crippen LogP contribution in [0.5, 0.6) is 11.6 Å². The van der Waals surface area contributed by atoms with E-state index in [2.05, 4.69) is 20.9 Å². The van der Waals surface area contributed by atoms with Crippen LogP contribution in [0.2, 0.25) is 0 Å². The van der Waals surface area contributed by atoms with Crippen LogP contribution in [-0.2, 0) is 11.3 Å². The smallest absolute Gasteiger partial charge is 0.239 e. The normalized spacial score (nSPS) is 28.3. The molecule has 4 aliphatic rings. The van der Waals surface area contributed by atoms with Gasteiger partial charge in [-0.25, -0.2) is 9.37 Å². The third kappa shape index (κ3) is 7.10. The fourth-order valence-electron chi connectivity index (χ4n) is 9.40. The molecule has 4 unspecified atom stereocenters. The number of pyridine rings is 1. The number of nitrogens with one attached hydrogen (secondary N) is 1. The molecule has 2 aromatic rings.